The van der Waals surface area contributed by atoms with Crippen LogP contribution in [-0.2, 0) is 9.53 Å². The van der Waals surface area contributed by atoms with Gasteiger partial charge in [0.2, 0.25) is 5.91 Å². The van der Waals surface area contributed by atoms with Crippen molar-refractivity contribution in [2.75, 3.05) is 19.0 Å². The van der Waals surface area contributed by atoms with Crippen LogP contribution in [0.15, 0.2) is 41.1 Å². The minimum Gasteiger partial charge on any atom is -0.375 e. The Kier molecular flexibility index (Phi) is 4.11. The minimum absolute atomic E-state index is 0.0495. The van der Waals surface area contributed by atoms with Gasteiger partial charge in [0.1, 0.15) is 6.61 Å². The van der Waals surface area contributed by atoms with Crippen molar-refractivity contribution in [2.45, 2.75) is 0 Å². The van der Waals surface area contributed by atoms with E-state index in [1.54, 1.807) is 10.9 Å². The summed E-state index contributed by atoms with van der Waals surface area (Å²) in [5.74, 6) is -0.174. The normalized spacial score (nSPS) is 10.3. The van der Waals surface area contributed by atoms with Gasteiger partial charge < -0.3 is 10.1 Å². The summed E-state index contributed by atoms with van der Waals surface area (Å²) in [4.78, 5) is 11.3. The number of methoxy groups -OCH3 is 1. The minimum atomic E-state index is -0.174. The molecule has 0 fully saturated rings. The van der Waals surface area contributed by atoms with Gasteiger partial charge in [-0.2, -0.15) is 5.10 Å². The molecule has 2 aromatic rings. The molecule has 0 saturated heterocycles. The Morgan fingerprint density at radius 1 is 1.44 bits per heavy atom. The molecule has 94 valence electrons. The van der Waals surface area contributed by atoms with Gasteiger partial charge in [0, 0.05) is 19.0 Å². The summed E-state index contributed by atoms with van der Waals surface area (Å²) >= 11 is 3.34. The first-order chi connectivity index (χ1) is 8.69. The van der Waals surface area contributed by atoms with Gasteiger partial charge in [-0.3, -0.25) is 4.79 Å². The quantitative estimate of drug-likeness (QED) is 0.942. The Bertz CT molecular complexity index is 537. The summed E-state index contributed by atoms with van der Waals surface area (Å²) in [6.07, 6.45) is 3.58. The van der Waals surface area contributed by atoms with Gasteiger partial charge in [-0.05, 0) is 40.2 Å². The number of rotatable bonds is 4. The van der Waals surface area contributed by atoms with Crippen LogP contribution in [0.25, 0.3) is 5.69 Å². The van der Waals surface area contributed by atoms with E-state index in [1.165, 1.54) is 7.11 Å². The first kappa shape index (κ1) is 12.8. The van der Waals surface area contributed by atoms with Gasteiger partial charge in [0.05, 0.1) is 16.4 Å². The maximum absolute atomic E-state index is 11.3. The van der Waals surface area contributed by atoms with Crippen LogP contribution in [0.3, 0.4) is 0 Å². The highest BCUT2D eigenvalue weighted by atomic mass is 79.9. The molecule has 1 N–H and O–H groups in total. The second-order valence-electron chi connectivity index (χ2n) is 3.63. The van der Waals surface area contributed by atoms with E-state index in [0.29, 0.717) is 0 Å². The lowest BCUT2D eigenvalue weighted by Gasteiger charge is -2.06. The number of nitrogens with zero attached hydrogens (tertiary/aromatic N) is 2. The molecule has 1 aromatic heterocycles. The largest absolute Gasteiger partial charge is 0.375 e. The number of aromatic nitrogens is 2. The van der Waals surface area contributed by atoms with Crippen molar-refractivity contribution in [1.82, 2.24) is 9.78 Å². The summed E-state index contributed by atoms with van der Waals surface area (Å²) in [6.45, 7) is 0.0495. The predicted molar refractivity (Wildman–Crippen MR) is 71.8 cm³/mol. The van der Waals surface area contributed by atoms with Crippen molar-refractivity contribution in [3.63, 3.8) is 0 Å². The molecule has 0 saturated carbocycles. The number of hydrogen-bond acceptors (Lipinski definition) is 3. The molecule has 6 heteroatoms. The maximum atomic E-state index is 11.3. The van der Waals surface area contributed by atoms with Crippen LogP contribution in [0.5, 0.6) is 0 Å². The summed E-state index contributed by atoms with van der Waals surface area (Å²) < 4.78 is 7.40. The van der Waals surface area contributed by atoms with E-state index in [-0.39, 0.29) is 12.5 Å². The Morgan fingerprint density at radius 2 is 2.17 bits per heavy atom. The van der Waals surface area contributed by atoms with E-state index in [0.717, 1.165) is 15.8 Å². The Balaban J connectivity index is 2.08. The highest BCUT2D eigenvalue weighted by molar-refractivity contribution is 9.10. The highest BCUT2D eigenvalue weighted by Crippen LogP contribution is 2.15. The number of benzene rings is 1. The van der Waals surface area contributed by atoms with Crippen molar-refractivity contribution in [3.05, 3.63) is 41.1 Å². The van der Waals surface area contributed by atoms with E-state index < -0.39 is 0 Å². The van der Waals surface area contributed by atoms with E-state index in [9.17, 15) is 4.79 Å². The summed E-state index contributed by atoms with van der Waals surface area (Å²) in [5.41, 5.74) is 1.65. The molecule has 1 aromatic carbocycles. The maximum Gasteiger partial charge on any atom is 0.250 e. The number of carbonyl (C=O) groups excluding carboxylic acids is 1. The zero-order chi connectivity index (χ0) is 13.0. The molecule has 2 rings (SSSR count). The number of ether oxygens (including phenoxy) is 1. The smallest absolute Gasteiger partial charge is 0.250 e. The standard InChI is InChI=1S/C12H12BrN3O2/c1-18-8-12(17)15-10-2-4-11(5-3-10)16-7-9(13)6-14-16/h2-7H,8H2,1H3,(H,15,17). The second kappa shape index (κ2) is 5.79. The van der Waals surface area contributed by atoms with Gasteiger partial charge in [0.25, 0.3) is 0 Å². The highest BCUT2D eigenvalue weighted by Gasteiger charge is 2.02. The molecule has 0 aliphatic carbocycles. The SMILES string of the molecule is COCC(=O)Nc1ccc(-n2cc(Br)cn2)cc1. The van der Waals surface area contributed by atoms with Crippen LogP contribution in [-0.4, -0.2) is 29.4 Å². The van der Waals surface area contributed by atoms with Crippen LogP contribution in [0.2, 0.25) is 0 Å². The first-order valence-corrected chi connectivity index (χ1v) is 6.08. The third-order valence-electron chi connectivity index (χ3n) is 2.24. The zero-order valence-electron chi connectivity index (χ0n) is 9.76. The second-order valence-corrected chi connectivity index (χ2v) is 4.55. The fourth-order valence-electron chi connectivity index (χ4n) is 1.47. The third-order valence-corrected chi connectivity index (χ3v) is 2.65. The van der Waals surface area contributed by atoms with Gasteiger partial charge in [0.15, 0.2) is 0 Å². The third kappa shape index (κ3) is 3.18. The number of halogens is 1. The fraction of sp³-hybridized carbons (Fsp3) is 0.167. The van der Waals surface area contributed by atoms with E-state index in [2.05, 4.69) is 26.3 Å². The van der Waals surface area contributed by atoms with E-state index >= 15 is 0 Å². The Morgan fingerprint density at radius 3 is 2.72 bits per heavy atom. The monoisotopic (exact) mass is 309 g/mol. The van der Waals surface area contributed by atoms with Crippen molar-refractivity contribution in [1.29, 1.82) is 0 Å². The number of amides is 1. The molecule has 0 atom stereocenters. The molecule has 0 radical (unpaired) electrons. The van der Waals surface area contributed by atoms with Crippen LogP contribution in [0.1, 0.15) is 0 Å². The van der Waals surface area contributed by atoms with E-state index in [4.69, 9.17) is 4.74 Å². The molecule has 0 aliphatic rings. The van der Waals surface area contributed by atoms with Gasteiger partial charge in [-0.1, -0.05) is 0 Å². The van der Waals surface area contributed by atoms with Gasteiger partial charge in [-0.15, -0.1) is 0 Å². The molecule has 18 heavy (non-hydrogen) atoms. The van der Waals surface area contributed by atoms with Crippen LogP contribution in [0.4, 0.5) is 5.69 Å². The summed E-state index contributed by atoms with van der Waals surface area (Å²) in [7, 11) is 1.48. The lowest BCUT2D eigenvalue weighted by molar-refractivity contribution is -0.119. The molecule has 1 heterocycles. The van der Waals surface area contributed by atoms with Crippen molar-refractivity contribution >= 4 is 27.5 Å². The molecule has 0 unspecified atom stereocenters. The average molecular weight is 310 g/mol. The summed E-state index contributed by atoms with van der Waals surface area (Å²) in [5, 5.41) is 6.89. The van der Waals surface area contributed by atoms with Crippen molar-refractivity contribution < 1.29 is 9.53 Å². The Hall–Kier alpha value is -1.66. The molecular formula is C12H12BrN3O2. The molecule has 0 aliphatic heterocycles. The molecule has 0 bridgehead atoms. The molecule has 5 nitrogen and oxygen atoms in total. The average Bonchev–Trinajstić information content (AvgIpc) is 2.77. The number of carbonyl (C=O) groups is 1. The molecule has 1 amide bonds. The van der Waals surface area contributed by atoms with Gasteiger partial charge in [-0.25, -0.2) is 4.68 Å². The first-order valence-electron chi connectivity index (χ1n) is 5.28. The number of nitrogens with one attached hydrogen (secondary N) is 1. The van der Waals surface area contributed by atoms with Crippen LogP contribution in [0, 0.1) is 0 Å². The predicted octanol–water partition coefficient (Wildman–Crippen LogP) is 2.22. The zero-order valence-corrected chi connectivity index (χ0v) is 11.3. The van der Waals surface area contributed by atoms with Crippen molar-refractivity contribution in [2.24, 2.45) is 0 Å². The van der Waals surface area contributed by atoms with Crippen molar-refractivity contribution in [3.8, 4) is 5.69 Å². The van der Waals surface area contributed by atoms with Crippen LogP contribution >= 0.6 is 15.9 Å². The lowest BCUT2D eigenvalue weighted by Crippen LogP contribution is -2.16. The Labute approximate surface area is 113 Å². The summed E-state index contributed by atoms with van der Waals surface area (Å²) in [6, 6.07) is 7.39. The molecular weight excluding hydrogens is 298 g/mol. The van der Waals surface area contributed by atoms with Crippen LogP contribution < -0.4 is 5.32 Å². The number of anilines is 1. The lowest BCUT2D eigenvalue weighted by atomic mass is 10.3. The fourth-order valence-corrected chi connectivity index (χ4v) is 1.75. The topological polar surface area (TPSA) is 56.1 Å². The van der Waals surface area contributed by atoms with E-state index in [1.807, 2.05) is 30.5 Å². The molecule has 0 spiro atoms. The van der Waals surface area contributed by atoms with Gasteiger partial charge >= 0.3 is 0 Å². The number of hydrogen-bond donors (Lipinski definition) is 1.